The standard InChI is InChI=1S/C20H23NO3/c1-23-18-11-10-16(14-19(18)24-2)17-9-6-12-21(17)20(22)13-15-7-4-3-5-8-15/h3-5,7-8,10-11,14,17H,6,9,12-13H2,1-2H3/t17-/m1/s1. The molecule has 0 spiro atoms. The van der Waals surface area contributed by atoms with E-state index in [0.717, 1.165) is 30.5 Å². The summed E-state index contributed by atoms with van der Waals surface area (Å²) in [5.41, 5.74) is 2.16. The first-order chi connectivity index (χ1) is 11.7. The normalized spacial score (nSPS) is 16.9. The Kier molecular flexibility index (Phi) is 5.04. The van der Waals surface area contributed by atoms with Gasteiger partial charge in [-0.3, -0.25) is 4.79 Å². The SMILES string of the molecule is COc1ccc([C@H]2CCCN2C(=O)Cc2ccccc2)cc1OC. The Hall–Kier alpha value is -2.49. The Bertz CT molecular complexity index is 699. The molecule has 1 fully saturated rings. The molecule has 0 saturated carbocycles. The van der Waals surface area contributed by atoms with Crippen LogP contribution in [0.15, 0.2) is 48.5 Å². The van der Waals surface area contributed by atoms with Gasteiger partial charge in [0.1, 0.15) is 0 Å². The molecule has 1 aliphatic heterocycles. The highest BCUT2D eigenvalue weighted by molar-refractivity contribution is 5.79. The number of nitrogens with zero attached hydrogens (tertiary/aromatic N) is 1. The minimum atomic E-state index is 0.112. The number of ether oxygens (including phenoxy) is 2. The van der Waals surface area contributed by atoms with E-state index in [4.69, 9.17) is 9.47 Å². The van der Waals surface area contributed by atoms with Crippen LogP contribution in [0.1, 0.15) is 30.0 Å². The molecule has 126 valence electrons. The molecule has 24 heavy (non-hydrogen) atoms. The maximum Gasteiger partial charge on any atom is 0.227 e. The quantitative estimate of drug-likeness (QED) is 0.843. The maximum absolute atomic E-state index is 12.7. The van der Waals surface area contributed by atoms with Crippen LogP contribution in [-0.2, 0) is 11.2 Å². The van der Waals surface area contributed by atoms with Crippen molar-refractivity contribution in [2.24, 2.45) is 0 Å². The number of carbonyl (C=O) groups is 1. The van der Waals surface area contributed by atoms with Crippen molar-refractivity contribution in [1.82, 2.24) is 4.90 Å². The van der Waals surface area contributed by atoms with Gasteiger partial charge in [-0.25, -0.2) is 0 Å². The first kappa shape index (κ1) is 16.4. The highest BCUT2D eigenvalue weighted by Gasteiger charge is 2.30. The molecule has 1 saturated heterocycles. The lowest BCUT2D eigenvalue weighted by atomic mass is 10.0. The van der Waals surface area contributed by atoms with E-state index < -0.39 is 0 Å². The van der Waals surface area contributed by atoms with Crippen molar-refractivity contribution in [3.63, 3.8) is 0 Å². The number of hydrogen-bond donors (Lipinski definition) is 0. The Labute approximate surface area is 143 Å². The van der Waals surface area contributed by atoms with Gasteiger partial charge in [-0.05, 0) is 36.1 Å². The van der Waals surface area contributed by atoms with Crippen molar-refractivity contribution < 1.29 is 14.3 Å². The summed E-state index contributed by atoms with van der Waals surface area (Å²) in [4.78, 5) is 14.7. The first-order valence-corrected chi connectivity index (χ1v) is 8.28. The average Bonchev–Trinajstić information content (AvgIpc) is 3.12. The smallest absolute Gasteiger partial charge is 0.227 e. The summed E-state index contributed by atoms with van der Waals surface area (Å²) in [6, 6.07) is 15.9. The third kappa shape index (κ3) is 3.37. The predicted molar refractivity (Wildman–Crippen MR) is 93.4 cm³/mol. The van der Waals surface area contributed by atoms with E-state index in [9.17, 15) is 4.79 Å². The van der Waals surface area contributed by atoms with E-state index in [1.807, 2.05) is 53.4 Å². The molecule has 2 aromatic rings. The van der Waals surface area contributed by atoms with Gasteiger partial charge in [-0.2, -0.15) is 0 Å². The topological polar surface area (TPSA) is 38.8 Å². The van der Waals surface area contributed by atoms with Gasteiger partial charge in [-0.15, -0.1) is 0 Å². The van der Waals surface area contributed by atoms with Crippen molar-refractivity contribution in [3.05, 3.63) is 59.7 Å². The van der Waals surface area contributed by atoms with Crippen LogP contribution in [0.5, 0.6) is 11.5 Å². The highest BCUT2D eigenvalue weighted by atomic mass is 16.5. The Morgan fingerprint density at radius 1 is 1.08 bits per heavy atom. The molecule has 0 aromatic heterocycles. The van der Waals surface area contributed by atoms with Crippen molar-refractivity contribution >= 4 is 5.91 Å². The fourth-order valence-electron chi connectivity index (χ4n) is 3.34. The van der Waals surface area contributed by atoms with Crippen molar-refractivity contribution in [2.75, 3.05) is 20.8 Å². The average molecular weight is 325 g/mol. The van der Waals surface area contributed by atoms with Crippen LogP contribution < -0.4 is 9.47 Å². The number of carbonyl (C=O) groups excluding carboxylic acids is 1. The molecule has 4 heteroatoms. The molecule has 1 amide bonds. The summed E-state index contributed by atoms with van der Waals surface area (Å²) in [7, 11) is 3.26. The van der Waals surface area contributed by atoms with Gasteiger partial charge in [-0.1, -0.05) is 36.4 Å². The molecule has 3 rings (SSSR count). The second kappa shape index (κ2) is 7.39. The predicted octanol–water partition coefficient (Wildman–Crippen LogP) is 3.61. The van der Waals surface area contributed by atoms with Crippen molar-refractivity contribution in [2.45, 2.75) is 25.3 Å². The second-order valence-corrected chi connectivity index (χ2v) is 6.02. The molecule has 0 radical (unpaired) electrons. The lowest BCUT2D eigenvalue weighted by Crippen LogP contribution is -2.31. The van der Waals surface area contributed by atoms with E-state index in [1.54, 1.807) is 14.2 Å². The summed E-state index contributed by atoms with van der Waals surface area (Å²) in [6.45, 7) is 0.810. The monoisotopic (exact) mass is 325 g/mol. The largest absolute Gasteiger partial charge is 0.493 e. The van der Waals surface area contributed by atoms with E-state index in [0.29, 0.717) is 17.9 Å². The fourth-order valence-corrected chi connectivity index (χ4v) is 3.34. The Balaban J connectivity index is 1.79. The fraction of sp³-hybridized carbons (Fsp3) is 0.350. The molecule has 0 bridgehead atoms. The number of amides is 1. The van der Waals surface area contributed by atoms with Crippen LogP contribution in [-0.4, -0.2) is 31.6 Å². The van der Waals surface area contributed by atoms with Gasteiger partial charge in [0.25, 0.3) is 0 Å². The lowest BCUT2D eigenvalue weighted by molar-refractivity contribution is -0.131. The second-order valence-electron chi connectivity index (χ2n) is 6.02. The zero-order valence-corrected chi connectivity index (χ0v) is 14.2. The molecule has 0 unspecified atom stereocenters. The molecule has 1 heterocycles. The van der Waals surface area contributed by atoms with E-state index >= 15 is 0 Å². The number of rotatable bonds is 5. The van der Waals surface area contributed by atoms with Crippen LogP contribution in [0, 0.1) is 0 Å². The third-order valence-electron chi connectivity index (χ3n) is 4.56. The number of methoxy groups -OCH3 is 2. The molecule has 0 aliphatic carbocycles. The van der Waals surface area contributed by atoms with Gasteiger partial charge in [0.05, 0.1) is 26.7 Å². The molecule has 4 nitrogen and oxygen atoms in total. The van der Waals surface area contributed by atoms with E-state index in [1.165, 1.54) is 0 Å². The van der Waals surface area contributed by atoms with Crippen LogP contribution in [0.3, 0.4) is 0 Å². The van der Waals surface area contributed by atoms with Crippen LogP contribution in [0.2, 0.25) is 0 Å². The number of benzene rings is 2. The molecule has 0 N–H and O–H groups in total. The van der Waals surface area contributed by atoms with Crippen LogP contribution >= 0.6 is 0 Å². The zero-order valence-electron chi connectivity index (χ0n) is 14.2. The first-order valence-electron chi connectivity index (χ1n) is 8.28. The number of likely N-dealkylation sites (tertiary alicyclic amines) is 1. The van der Waals surface area contributed by atoms with Crippen LogP contribution in [0.25, 0.3) is 0 Å². The van der Waals surface area contributed by atoms with Crippen molar-refractivity contribution in [1.29, 1.82) is 0 Å². The summed E-state index contributed by atoms with van der Waals surface area (Å²) in [5.74, 6) is 1.59. The van der Waals surface area contributed by atoms with Gasteiger partial charge < -0.3 is 14.4 Å². The van der Waals surface area contributed by atoms with Crippen molar-refractivity contribution in [3.8, 4) is 11.5 Å². The molecule has 1 aliphatic rings. The van der Waals surface area contributed by atoms with Gasteiger partial charge in [0, 0.05) is 6.54 Å². The highest BCUT2D eigenvalue weighted by Crippen LogP contribution is 2.37. The Morgan fingerprint density at radius 3 is 2.54 bits per heavy atom. The summed E-state index contributed by atoms with van der Waals surface area (Å²) >= 11 is 0. The minimum absolute atomic E-state index is 0.112. The Morgan fingerprint density at radius 2 is 1.83 bits per heavy atom. The zero-order chi connectivity index (χ0) is 16.9. The molecule has 2 aromatic carbocycles. The van der Waals surface area contributed by atoms with Gasteiger partial charge >= 0.3 is 0 Å². The van der Waals surface area contributed by atoms with Crippen LogP contribution in [0.4, 0.5) is 0 Å². The summed E-state index contributed by atoms with van der Waals surface area (Å²) in [5, 5.41) is 0. The molecular weight excluding hydrogens is 302 g/mol. The summed E-state index contributed by atoms with van der Waals surface area (Å²) < 4.78 is 10.7. The number of hydrogen-bond acceptors (Lipinski definition) is 3. The maximum atomic E-state index is 12.7. The van der Waals surface area contributed by atoms with Gasteiger partial charge in [0.15, 0.2) is 11.5 Å². The molecule has 1 atom stereocenters. The summed E-state index contributed by atoms with van der Waals surface area (Å²) in [6.07, 6.45) is 2.46. The van der Waals surface area contributed by atoms with E-state index in [2.05, 4.69) is 0 Å². The lowest BCUT2D eigenvalue weighted by Gasteiger charge is -2.26. The van der Waals surface area contributed by atoms with Gasteiger partial charge in [0.2, 0.25) is 5.91 Å². The third-order valence-corrected chi connectivity index (χ3v) is 4.56. The minimum Gasteiger partial charge on any atom is -0.493 e. The molecular formula is C20H23NO3. The van der Waals surface area contributed by atoms with E-state index in [-0.39, 0.29) is 11.9 Å².